The van der Waals surface area contributed by atoms with Crippen LogP contribution in [-0.4, -0.2) is 0 Å². The van der Waals surface area contributed by atoms with E-state index in [2.05, 4.69) is 75.4 Å². The summed E-state index contributed by atoms with van der Waals surface area (Å²) >= 11 is 0. The van der Waals surface area contributed by atoms with Gasteiger partial charge in [0.25, 0.3) is 0 Å². The second-order valence-electron chi connectivity index (χ2n) is 4.70. The van der Waals surface area contributed by atoms with Gasteiger partial charge in [-0.3, -0.25) is 0 Å². The highest BCUT2D eigenvalue weighted by Crippen LogP contribution is 2.25. The van der Waals surface area contributed by atoms with E-state index in [4.69, 9.17) is 0 Å². The molecule has 2 aromatic carbocycles. The average molecular weight is 236 g/mol. The van der Waals surface area contributed by atoms with Crippen molar-refractivity contribution in [3.8, 4) is 11.1 Å². The second kappa shape index (κ2) is 5.68. The van der Waals surface area contributed by atoms with Gasteiger partial charge in [-0.05, 0) is 48.1 Å². The summed E-state index contributed by atoms with van der Waals surface area (Å²) in [5.41, 5.74) is 6.61. The lowest BCUT2D eigenvalue weighted by molar-refractivity contribution is 1.23. The molecule has 0 aromatic heterocycles. The molecular formula is C18H20. The quantitative estimate of drug-likeness (QED) is 0.670. The number of rotatable bonds is 3. The summed E-state index contributed by atoms with van der Waals surface area (Å²) in [5, 5.41) is 0. The number of hydrogen-bond acceptors (Lipinski definition) is 0. The minimum Gasteiger partial charge on any atom is -0.0842 e. The maximum atomic E-state index is 2.28. The zero-order valence-electron chi connectivity index (χ0n) is 11.4. The fraction of sp³-hybridized carbons (Fsp3) is 0.222. The van der Waals surface area contributed by atoms with Crippen LogP contribution in [0, 0.1) is 13.8 Å². The van der Waals surface area contributed by atoms with Gasteiger partial charge in [0.1, 0.15) is 0 Å². The van der Waals surface area contributed by atoms with Crippen molar-refractivity contribution in [2.75, 3.05) is 0 Å². The highest BCUT2D eigenvalue weighted by Gasteiger charge is 2.02. The summed E-state index contributed by atoms with van der Waals surface area (Å²) in [7, 11) is 0. The van der Waals surface area contributed by atoms with Crippen molar-refractivity contribution < 1.29 is 0 Å². The Balaban J connectivity index is 2.41. The molecule has 0 bridgehead atoms. The third kappa shape index (κ3) is 2.70. The third-order valence-corrected chi connectivity index (χ3v) is 3.26. The molecule has 0 saturated carbocycles. The number of benzene rings is 2. The van der Waals surface area contributed by atoms with Gasteiger partial charge in [0, 0.05) is 0 Å². The van der Waals surface area contributed by atoms with Crippen LogP contribution in [0.1, 0.15) is 30.0 Å². The van der Waals surface area contributed by atoms with E-state index in [0.717, 1.165) is 6.42 Å². The van der Waals surface area contributed by atoms with Gasteiger partial charge in [-0.25, -0.2) is 0 Å². The fourth-order valence-corrected chi connectivity index (χ4v) is 2.17. The largest absolute Gasteiger partial charge is 0.0842 e. The van der Waals surface area contributed by atoms with Crippen molar-refractivity contribution in [2.45, 2.75) is 27.2 Å². The third-order valence-electron chi connectivity index (χ3n) is 3.26. The van der Waals surface area contributed by atoms with Gasteiger partial charge >= 0.3 is 0 Å². The SMILES string of the molecule is CC/C=C\c1ccc(-c2ccccc2C)cc1C. The first-order valence-corrected chi connectivity index (χ1v) is 6.55. The Morgan fingerprint density at radius 3 is 2.39 bits per heavy atom. The van der Waals surface area contributed by atoms with Crippen LogP contribution < -0.4 is 0 Å². The van der Waals surface area contributed by atoms with E-state index in [-0.39, 0.29) is 0 Å². The molecule has 0 heteroatoms. The first kappa shape index (κ1) is 12.6. The second-order valence-corrected chi connectivity index (χ2v) is 4.70. The van der Waals surface area contributed by atoms with E-state index < -0.39 is 0 Å². The van der Waals surface area contributed by atoms with E-state index in [1.165, 1.54) is 27.8 Å². The molecule has 2 aromatic rings. The smallest absolute Gasteiger partial charge is 0.0155 e. The summed E-state index contributed by atoms with van der Waals surface area (Å²) in [4.78, 5) is 0. The Bertz CT molecular complexity index is 562. The maximum Gasteiger partial charge on any atom is -0.0155 e. The summed E-state index contributed by atoms with van der Waals surface area (Å²) in [6, 6.07) is 15.2. The lowest BCUT2D eigenvalue weighted by atomic mass is 9.96. The molecule has 0 aliphatic carbocycles. The molecule has 0 atom stereocenters. The van der Waals surface area contributed by atoms with Crippen molar-refractivity contribution in [3.63, 3.8) is 0 Å². The molecular weight excluding hydrogens is 216 g/mol. The Kier molecular flexibility index (Phi) is 3.99. The molecule has 0 spiro atoms. The maximum absolute atomic E-state index is 2.28. The number of hydrogen-bond donors (Lipinski definition) is 0. The van der Waals surface area contributed by atoms with Crippen molar-refractivity contribution in [3.05, 3.63) is 65.2 Å². The molecule has 92 valence electrons. The zero-order valence-corrected chi connectivity index (χ0v) is 11.4. The molecule has 2 rings (SSSR count). The molecule has 0 unspecified atom stereocenters. The minimum absolute atomic E-state index is 1.08. The summed E-state index contributed by atoms with van der Waals surface area (Å²) in [6.07, 6.45) is 5.49. The predicted octanol–water partition coefficient (Wildman–Crippen LogP) is 5.39. The van der Waals surface area contributed by atoms with Crippen LogP contribution >= 0.6 is 0 Å². The molecule has 0 nitrogen and oxygen atoms in total. The standard InChI is InChI=1S/C18H20/c1-4-5-9-16-11-12-17(13-15(16)3)18-10-7-6-8-14(18)2/h5-13H,4H2,1-3H3/b9-5-. The van der Waals surface area contributed by atoms with Crippen molar-refractivity contribution in [2.24, 2.45) is 0 Å². The van der Waals surface area contributed by atoms with Crippen LogP contribution in [0.3, 0.4) is 0 Å². The van der Waals surface area contributed by atoms with Gasteiger partial charge in [0.2, 0.25) is 0 Å². The topological polar surface area (TPSA) is 0 Å². The molecule has 0 fully saturated rings. The van der Waals surface area contributed by atoms with E-state index in [9.17, 15) is 0 Å². The Morgan fingerprint density at radius 2 is 1.72 bits per heavy atom. The highest BCUT2D eigenvalue weighted by atomic mass is 14.1. The molecule has 18 heavy (non-hydrogen) atoms. The number of allylic oxidation sites excluding steroid dienone is 1. The van der Waals surface area contributed by atoms with E-state index in [1.807, 2.05) is 0 Å². The molecule has 0 aliphatic rings. The van der Waals surface area contributed by atoms with Gasteiger partial charge < -0.3 is 0 Å². The first-order valence-electron chi connectivity index (χ1n) is 6.55. The lowest BCUT2D eigenvalue weighted by Gasteiger charge is -2.08. The molecule has 0 aliphatic heterocycles. The summed E-state index contributed by atoms with van der Waals surface area (Å²) in [5.74, 6) is 0. The van der Waals surface area contributed by atoms with Gasteiger partial charge in [-0.15, -0.1) is 0 Å². The minimum atomic E-state index is 1.08. The molecule has 0 N–H and O–H groups in total. The average Bonchev–Trinajstić information content (AvgIpc) is 2.38. The summed E-state index contributed by atoms with van der Waals surface area (Å²) < 4.78 is 0. The molecule has 0 saturated heterocycles. The van der Waals surface area contributed by atoms with Crippen LogP contribution in [0.2, 0.25) is 0 Å². The zero-order chi connectivity index (χ0) is 13.0. The van der Waals surface area contributed by atoms with Crippen molar-refractivity contribution >= 4 is 6.08 Å². The predicted molar refractivity (Wildman–Crippen MR) is 80.7 cm³/mol. The van der Waals surface area contributed by atoms with E-state index in [1.54, 1.807) is 0 Å². The van der Waals surface area contributed by atoms with E-state index in [0.29, 0.717) is 0 Å². The molecule has 0 amide bonds. The van der Waals surface area contributed by atoms with Gasteiger partial charge in [-0.1, -0.05) is 61.5 Å². The number of aryl methyl sites for hydroxylation is 2. The van der Waals surface area contributed by atoms with Crippen LogP contribution in [0.15, 0.2) is 48.5 Å². The van der Waals surface area contributed by atoms with Gasteiger partial charge in [-0.2, -0.15) is 0 Å². The lowest BCUT2D eigenvalue weighted by Crippen LogP contribution is -1.86. The van der Waals surface area contributed by atoms with Gasteiger partial charge in [0.15, 0.2) is 0 Å². The monoisotopic (exact) mass is 236 g/mol. The highest BCUT2D eigenvalue weighted by molar-refractivity contribution is 5.70. The Labute approximate surface area is 110 Å². The fourth-order valence-electron chi connectivity index (χ4n) is 2.17. The van der Waals surface area contributed by atoms with Crippen LogP contribution in [0.5, 0.6) is 0 Å². The van der Waals surface area contributed by atoms with Crippen LogP contribution in [0.4, 0.5) is 0 Å². The Hall–Kier alpha value is -1.82. The van der Waals surface area contributed by atoms with Crippen LogP contribution in [-0.2, 0) is 0 Å². The molecule has 0 radical (unpaired) electrons. The summed E-state index contributed by atoms with van der Waals surface area (Å²) in [6.45, 7) is 6.50. The van der Waals surface area contributed by atoms with Crippen LogP contribution in [0.25, 0.3) is 17.2 Å². The first-order chi connectivity index (χ1) is 8.72. The van der Waals surface area contributed by atoms with E-state index >= 15 is 0 Å². The van der Waals surface area contributed by atoms with Crippen molar-refractivity contribution in [1.29, 1.82) is 0 Å². The van der Waals surface area contributed by atoms with Gasteiger partial charge in [0.05, 0.1) is 0 Å². The van der Waals surface area contributed by atoms with Crippen molar-refractivity contribution in [1.82, 2.24) is 0 Å². The molecule has 0 heterocycles. The Morgan fingerprint density at radius 1 is 0.944 bits per heavy atom. The normalized spacial score (nSPS) is 11.1.